The Bertz CT molecular complexity index is 368. The summed E-state index contributed by atoms with van der Waals surface area (Å²) < 4.78 is 20.9. The van der Waals surface area contributed by atoms with Gasteiger partial charge in [-0.25, -0.2) is 0 Å². The first kappa shape index (κ1) is 17.1. The topological polar surface area (TPSA) is 77.4 Å². The van der Waals surface area contributed by atoms with Gasteiger partial charge in [-0.3, -0.25) is 0 Å². The summed E-state index contributed by atoms with van der Waals surface area (Å²) in [6.45, 7) is 0. The molecule has 0 spiro atoms. The smallest absolute Gasteiger partial charge is 0.402 e. The quantitative estimate of drug-likeness (QED) is 0.517. The molecular formula is C13H21BO6. The molecule has 0 aromatic heterocycles. The van der Waals surface area contributed by atoms with Crippen molar-refractivity contribution in [3.05, 3.63) is 35.9 Å². The zero-order chi connectivity index (χ0) is 15.0. The van der Waals surface area contributed by atoms with E-state index in [-0.39, 0.29) is 0 Å². The zero-order valence-electron chi connectivity index (χ0n) is 12.0. The molecule has 6 nitrogen and oxygen atoms in total. The second-order valence-corrected chi connectivity index (χ2v) is 4.19. The van der Waals surface area contributed by atoms with Gasteiger partial charge in [-0.05, 0) is 0 Å². The molecule has 20 heavy (non-hydrogen) atoms. The van der Waals surface area contributed by atoms with Crippen LogP contribution in [-0.4, -0.2) is 45.0 Å². The molecule has 0 amide bonds. The SMILES string of the molecule is COC(CCC(OC)(OC)c1ccccc1)OB(O)O. The Balaban J connectivity index is 2.77. The first-order valence-electron chi connectivity index (χ1n) is 6.28. The lowest BCUT2D eigenvalue weighted by molar-refractivity contribution is -0.228. The second kappa shape index (κ2) is 8.36. The van der Waals surface area contributed by atoms with Crippen molar-refractivity contribution in [3.63, 3.8) is 0 Å². The van der Waals surface area contributed by atoms with Gasteiger partial charge in [0.1, 0.15) is 6.29 Å². The maximum atomic E-state index is 8.81. The van der Waals surface area contributed by atoms with E-state index in [2.05, 4.69) is 0 Å². The van der Waals surface area contributed by atoms with Crippen molar-refractivity contribution in [1.82, 2.24) is 0 Å². The predicted octanol–water partition coefficient (Wildman–Crippen LogP) is 0.871. The summed E-state index contributed by atoms with van der Waals surface area (Å²) in [4.78, 5) is 0. The molecule has 1 rings (SSSR count). The molecule has 0 radical (unpaired) electrons. The molecule has 1 unspecified atom stereocenters. The highest BCUT2D eigenvalue weighted by Gasteiger charge is 2.33. The Morgan fingerprint density at radius 1 is 1.10 bits per heavy atom. The van der Waals surface area contributed by atoms with E-state index < -0.39 is 19.4 Å². The minimum atomic E-state index is -1.88. The third-order valence-corrected chi connectivity index (χ3v) is 3.12. The molecule has 0 saturated carbocycles. The van der Waals surface area contributed by atoms with E-state index in [0.29, 0.717) is 12.8 Å². The van der Waals surface area contributed by atoms with Gasteiger partial charge in [0, 0.05) is 39.7 Å². The third-order valence-electron chi connectivity index (χ3n) is 3.12. The molecule has 0 aliphatic rings. The Labute approximate surface area is 119 Å². The van der Waals surface area contributed by atoms with Crippen LogP contribution in [0.4, 0.5) is 0 Å². The van der Waals surface area contributed by atoms with E-state index in [0.717, 1.165) is 5.56 Å². The van der Waals surface area contributed by atoms with Gasteiger partial charge < -0.3 is 28.9 Å². The number of rotatable bonds is 9. The number of hydrogen-bond acceptors (Lipinski definition) is 6. The summed E-state index contributed by atoms with van der Waals surface area (Å²) >= 11 is 0. The van der Waals surface area contributed by atoms with Crippen LogP contribution in [0.5, 0.6) is 0 Å². The summed E-state index contributed by atoms with van der Waals surface area (Å²) in [6, 6.07) is 9.49. The predicted molar refractivity (Wildman–Crippen MR) is 73.4 cm³/mol. The minimum absolute atomic E-state index is 0.366. The lowest BCUT2D eigenvalue weighted by Gasteiger charge is -2.32. The molecule has 1 atom stereocenters. The van der Waals surface area contributed by atoms with E-state index in [4.69, 9.17) is 28.9 Å². The number of ether oxygens (including phenoxy) is 3. The molecule has 112 valence electrons. The molecule has 1 aromatic rings. The van der Waals surface area contributed by atoms with Crippen LogP contribution in [0.15, 0.2) is 30.3 Å². The zero-order valence-corrected chi connectivity index (χ0v) is 12.0. The van der Waals surface area contributed by atoms with E-state index in [1.165, 1.54) is 7.11 Å². The fraction of sp³-hybridized carbons (Fsp3) is 0.538. The van der Waals surface area contributed by atoms with E-state index in [1.807, 2.05) is 30.3 Å². The van der Waals surface area contributed by atoms with Gasteiger partial charge in [-0.1, -0.05) is 30.3 Å². The maximum Gasteiger partial charge on any atom is 0.635 e. The van der Waals surface area contributed by atoms with Gasteiger partial charge in [-0.2, -0.15) is 0 Å². The Kier molecular flexibility index (Phi) is 7.15. The monoisotopic (exact) mass is 284 g/mol. The van der Waals surface area contributed by atoms with Gasteiger partial charge in [-0.15, -0.1) is 0 Å². The first-order valence-corrected chi connectivity index (χ1v) is 6.28. The summed E-state index contributed by atoms with van der Waals surface area (Å²) in [5, 5.41) is 17.6. The van der Waals surface area contributed by atoms with Crippen molar-refractivity contribution >= 4 is 7.32 Å². The Hall–Kier alpha value is -0.955. The molecule has 0 aliphatic carbocycles. The van der Waals surface area contributed by atoms with Crippen molar-refractivity contribution in [2.45, 2.75) is 24.9 Å². The van der Waals surface area contributed by atoms with Gasteiger partial charge in [0.25, 0.3) is 0 Å². The Morgan fingerprint density at radius 3 is 2.15 bits per heavy atom. The number of hydrogen-bond donors (Lipinski definition) is 2. The van der Waals surface area contributed by atoms with Crippen LogP contribution in [-0.2, 0) is 24.7 Å². The summed E-state index contributed by atoms with van der Waals surface area (Å²) in [7, 11) is 2.66. The summed E-state index contributed by atoms with van der Waals surface area (Å²) in [5.41, 5.74) is 0.865. The van der Waals surface area contributed by atoms with Crippen molar-refractivity contribution in [3.8, 4) is 0 Å². The van der Waals surface area contributed by atoms with Crippen molar-refractivity contribution in [2.75, 3.05) is 21.3 Å². The fourth-order valence-electron chi connectivity index (χ4n) is 2.04. The normalized spacial score (nSPS) is 13.2. The average Bonchev–Trinajstić information content (AvgIpc) is 2.48. The van der Waals surface area contributed by atoms with Gasteiger partial charge in [0.15, 0.2) is 5.79 Å². The van der Waals surface area contributed by atoms with Gasteiger partial charge >= 0.3 is 7.32 Å². The van der Waals surface area contributed by atoms with Crippen LogP contribution >= 0.6 is 0 Å². The molecule has 7 heteroatoms. The Morgan fingerprint density at radius 2 is 1.70 bits per heavy atom. The second-order valence-electron chi connectivity index (χ2n) is 4.19. The van der Waals surface area contributed by atoms with Gasteiger partial charge in [0.2, 0.25) is 0 Å². The van der Waals surface area contributed by atoms with Crippen LogP contribution in [0.2, 0.25) is 0 Å². The number of methoxy groups -OCH3 is 3. The molecular weight excluding hydrogens is 263 g/mol. The first-order chi connectivity index (χ1) is 9.57. The molecule has 0 heterocycles. The van der Waals surface area contributed by atoms with Gasteiger partial charge in [0.05, 0.1) is 0 Å². The fourth-order valence-corrected chi connectivity index (χ4v) is 2.04. The molecule has 0 aliphatic heterocycles. The minimum Gasteiger partial charge on any atom is -0.402 e. The highest BCUT2D eigenvalue weighted by atomic mass is 16.7. The number of benzene rings is 1. The largest absolute Gasteiger partial charge is 0.635 e. The highest BCUT2D eigenvalue weighted by Crippen LogP contribution is 2.32. The van der Waals surface area contributed by atoms with Crippen LogP contribution in [0.3, 0.4) is 0 Å². The molecule has 2 N–H and O–H groups in total. The summed E-state index contributed by atoms with van der Waals surface area (Å²) in [6.07, 6.45) is 0.0308. The lowest BCUT2D eigenvalue weighted by Crippen LogP contribution is -2.34. The van der Waals surface area contributed by atoms with Crippen molar-refractivity contribution in [1.29, 1.82) is 0 Å². The lowest BCUT2D eigenvalue weighted by atomic mass is 10.00. The standard InChI is InChI=1S/C13H21BO6/c1-17-12(20-14(15)16)9-10-13(18-2,19-3)11-7-5-4-6-8-11/h4-8,12,15-16H,9-10H2,1-3H3. The van der Waals surface area contributed by atoms with Crippen molar-refractivity contribution < 1.29 is 28.9 Å². The van der Waals surface area contributed by atoms with Crippen LogP contribution in [0.1, 0.15) is 18.4 Å². The third kappa shape index (κ3) is 4.55. The van der Waals surface area contributed by atoms with Crippen molar-refractivity contribution in [2.24, 2.45) is 0 Å². The van der Waals surface area contributed by atoms with Crippen LogP contribution in [0.25, 0.3) is 0 Å². The molecule has 0 bridgehead atoms. The van der Waals surface area contributed by atoms with Crippen LogP contribution in [0, 0.1) is 0 Å². The van der Waals surface area contributed by atoms with Crippen LogP contribution < -0.4 is 0 Å². The molecule has 0 saturated heterocycles. The molecule has 1 aromatic carbocycles. The summed E-state index contributed by atoms with van der Waals surface area (Å²) in [5.74, 6) is -0.929. The van der Waals surface area contributed by atoms with E-state index in [1.54, 1.807) is 14.2 Å². The molecule has 0 fully saturated rings. The van der Waals surface area contributed by atoms with E-state index >= 15 is 0 Å². The van der Waals surface area contributed by atoms with E-state index in [9.17, 15) is 0 Å². The average molecular weight is 284 g/mol. The maximum absolute atomic E-state index is 8.81. The highest BCUT2D eigenvalue weighted by molar-refractivity contribution is 6.32.